The van der Waals surface area contributed by atoms with Gasteiger partial charge in [0.2, 0.25) is 0 Å². The van der Waals surface area contributed by atoms with Crippen LogP contribution in [-0.4, -0.2) is 21.6 Å². The fourth-order valence-corrected chi connectivity index (χ4v) is 3.49. The van der Waals surface area contributed by atoms with Crippen molar-refractivity contribution in [1.82, 2.24) is 9.78 Å². The topological polar surface area (TPSA) is 88.7 Å². The molecule has 2 heterocycles. The van der Waals surface area contributed by atoms with E-state index in [9.17, 15) is 9.59 Å². The quantitative estimate of drug-likeness (QED) is 0.844. The van der Waals surface area contributed by atoms with Crippen LogP contribution < -0.4 is 5.32 Å². The molecule has 1 fully saturated rings. The Bertz CT molecular complexity index is 1100. The fourth-order valence-electron chi connectivity index (χ4n) is 3.49. The Morgan fingerprint density at radius 2 is 1.97 bits per heavy atom. The summed E-state index contributed by atoms with van der Waals surface area (Å²) in [6.45, 7) is 0.876. The van der Waals surface area contributed by atoms with Crippen molar-refractivity contribution in [3.63, 3.8) is 0 Å². The van der Waals surface area contributed by atoms with Crippen molar-refractivity contribution in [1.29, 1.82) is 0 Å². The second-order valence-electron chi connectivity index (χ2n) is 7.49. The van der Waals surface area contributed by atoms with Crippen LogP contribution in [0.5, 0.6) is 0 Å². The van der Waals surface area contributed by atoms with Gasteiger partial charge in [0.05, 0.1) is 23.4 Å². The van der Waals surface area contributed by atoms with Gasteiger partial charge in [-0.3, -0.25) is 14.3 Å². The van der Waals surface area contributed by atoms with Crippen LogP contribution in [0.3, 0.4) is 0 Å². The highest BCUT2D eigenvalue weighted by molar-refractivity contribution is 6.04. The molecule has 1 aromatic carbocycles. The lowest BCUT2D eigenvalue weighted by molar-refractivity contribution is -0.119. The number of amides is 2. The number of anilines is 1. The van der Waals surface area contributed by atoms with Crippen molar-refractivity contribution in [2.24, 2.45) is 22.1 Å². The molecule has 2 aliphatic carbocycles. The number of allylic oxidation sites excluding steroid dienone is 3. The Balaban J connectivity index is 1.31. The zero-order valence-corrected chi connectivity index (χ0v) is 15.7. The number of carbonyl (C=O) groups excluding carboxylic acids is 2. The number of carbonyl (C=O) groups is 2. The van der Waals surface area contributed by atoms with E-state index in [1.54, 1.807) is 12.4 Å². The SMILES string of the molecule is O=C(Nc1ccc(C2=C3C=CC=CC3C(=O)N=N2)cc1)c1cnn(CC2CC2)c1. The van der Waals surface area contributed by atoms with Gasteiger partial charge in [-0.05, 0) is 36.5 Å². The molecule has 1 unspecified atom stereocenters. The van der Waals surface area contributed by atoms with Crippen molar-refractivity contribution in [2.45, 2.75) is 19.4 Å². The predicted molar refractivity (Wildman–Crippen MR) is 108 cm³/mol. The molecule has 2 amide bonds. The van der Waals surface area contributed by atoms with Gasteiger partial charge in [-0.1, -0.05) is 36.4 Å². The maximum absolute atomic E-state index is 12.5. The highest BCUT2D eigenvalue weighted by Gasteiger charge is 2.27. The number of aromatic nitrogens is 2. The first-order valence-corrected chi connectivity index (χ1v) is 9.66. The van der Waals surface area contributed by atoms with Crippen molar-refractivity contribution in [3.8, 4) is 0 Å². The molecule has 1 atom stereocenters. The lowest BCUT2D eigenvalue weighted by atomic mass is 9.89. The monoisotopic (exact) mass is 385 g/mol. The van der Waals surface area contributed by atoms with Crippen LogP contribution in [-0.2, 0) is 11.3 Å². The van der Waals surface area contributed by atoms with Gasteiger partial charge in [0.15, 0.2) is 0 Å². The van der Waals surface area contributed by atoms with Crippen LogP contribution in [0.1, 0.15) is 28.8 Å². The summed E-state index contributed by atoms with van der Waals surface area (Å²) in [5, 5.41) is 15.0. The molecule has 144 valence electrons. The summed E-state index contributed by atoms with van der Waals surface area (Å²) in [5.41, 5.74) is 3.58. The van der Waals surface area contributed by atoms with E-state index >= 15 is 0 Å². The molecule has 1 N–H and O–H groups in total. The number of rotatable bonds is 5. The third-order valence-corrected chi connectivity index (χ3v) is 5.27. The minimum absolute atomic E-state index is 0.190. The lowest BCUT2D eigenvalue weighted by Gasteiger charge is -2.19. The zero-order valence-electron chi connectivity index (χ0n) is 15.7. The molecule has 1 aromatic heterocycles. The molecule has 0 radical (unpaired) electrons. The van der Waals surface area contributed by atoms with Crippen LogP contribution in [0.25, 0.3) is 5.70 Å². The summed E-state index contributed by atoms with van der Waals surface area (Å²) < 4.78 is 1.83. The maximum Gasteiger partial charge on any atom is 0.276 e. The molecule has 1 saturated carbocycles. The molecule has 29 heavy (non-hydrogen) atoms. The largest absolute Gasteiger partial charge is 0.322 e. The first-order valence-electron chi connectivity index (χ1n) is 9.66. The predicted octanol–water partition coefficient (Wildman–Crippen LogP) is 3.99. The third kappa shape index (κ3) is 3.59. The zero-order chi connectivity index (χ0) is 19.8. The summed E-state index contributed by atoms with van der Waals surface area (Å²) >= 11 is 0. The molecule has 0 spiro atoms. The van der Waals surface area contributed by atoms with Crippen LogP contribution in [0.15, 0.2) is 76.8 Å². The first kappa shape index (κ1) is 17.5. The van der Waals surface area contributed by atoms with Gasteiger partial charge < -0.3 is 5.32 Å². The molecular formula is C22H19N5O2. The van der Waals surface area contributed by atoms with Gasteiger partial charge in [0, 0.05) is 24.0 Å². The molecule has 1 aliphatic heterocycles. The van der Waals surface area contributed by atoms with Gasteiger partial charge in [-0.25, -0.2) is 0 Å². The second kappa shape index (κ2) is 7.09. The smallest absolute Gasteiger partial charge is 0.276 e. The van der Waals surface area contributed by atoms with E-state index in [4.69, 9.17) is 0 Å². The van der Waals surface area contributed by atoms with Crippen molar-refractivity contribution in [2.75, 3.05) is 5.32 Å². The molecular weight excluding hydrogens is 366 g/mol. The summed E-state index contributed by atoms with van der Waals surface area (Å²) in [6, 6.07) is 7.37. The normalized spacial score (nSPS) is 20.1. The molecule has 3 aliphatic rings. The second-order valence-corrected chi connectivity index (χ2v) is 7.49. The van der Waals surface area contributed by atoms with Crippen molar-refractivity contribution in [3.05, 3.63) is 77.7 Å². The summed E-state index contributed by atoms with van der Waals surface area (Å²) in [4.78, 5) is 24.4. The molecule has 0 saturated heterocycles. The third-order valence-electron chi connectivity index (χ3n) is 5.27. The van der Waals surface area contributed by atoms with Crippen LogP contribution in [0.4, 0.5) is 5.69 Å². The number of azo groups is 1. The Labute approximate surface area is 167 Å². The number of benzene rings is 1. The van der Waals surface area contributed by atoms with Crippen LogP contribution in [0.2, 0.25) is 0 Å². The van der Waals surface area contributed by atoms with Gasteiger partial charge in [0.1, 0.15) is 0 Å². The molecule has 5 rings (SSSR count). The highest BCUT2D eigenvalue weighted by atomic mass is 16.2. The molecule has 7 heteroatoms. The number of nitrogens with one attached hydrogen (secondary N) is 1. The number of hydrogen-bond donors (Lipinski definition) is 1. The average Bonchev–Trinajstić information content (AvgIpc) is 3.43. The average molecular weight is 385 g/mol. The van der Waals surface area contributed by atoms with Crippen LogP contribution in [0, 0.1) is 11.8 Å². The molecule has 7 nitrogen and oxygen atoms in total. The standard InChI is InChI=1S/C22H19N5O2/c28-21(16-11-23-27(13-16)12-14-5-6-14)24-17-9-7-15(8-10-17)20-18-3-1-2-4-19(18)22(29)26-25-20/h1-4,7-11,13-14,19H,5-6,12H2,(H,24,28). The summed E-state index contributed by atoms with van der Waals surface area (Å²) in [6.07, 6.45) is 13.3. The Morgan fingerprint density at radius 1 is 1.14 bits per heavy atom. The highest BCUT2D eigenvalue weighted by Crippen LogP contribution is 2.34. The van der Waals surface area contributed by atoms with E-state index in [2.05, 4.69) is 20.6 Å². The van der Waals surface area contributed by atoms with Gasteiger partial charge >= 0.3 is 0 Å². The Morgan fingerprint density at radius 3 is 2.76 bits per heavy atom. The number of nitrogens with zero attached hydrogens (tertiary/aromatic N) is 4. The fraction of sp³-hybridized carbons (Fsp3) is 0.227. The van der Waals surface area contributed by atoms with Crippen LogP contribution >= 0.6 is 0 Å². The molecule has 0 bridgehead atoms. The van der Waals surface area contributed by atoms with E-state index in [-0.39, 0.29) is 17.7 Å². The number of hydrogen-bond acceptors (Lipinski definition) is 4. The van der Waals surface area contributed by atoms with E-state index in [1.807, 2.05) is 53.3 Å². The maximum atomic E-state index is 12.5. The Kier molecular flexibility index (Phi) is 4.27. The Hall–Kier alpha value is -3.61. The van der Waals surface area contributed by atoms with E-state index in [0.717, 1.165) is 17.7 Å². The minimum atomic E-state index is -0.376. The van der Waals surface area contributed by atoms with Crippen molar-refractivity contribution < 1.29 is 9.59 Å². The first-order chi connectivity index (χ1) is 14.2. The van der Waals surface area contributed by atoms with Gasteiger partial charge in [-0.15, -0.1) is 10.2 Å². The van der Waals surface area contributed by atoms with Gasteiger partial charge in [0.25, 0.3) is 11.8 Å². The van der Waals surface area contributed by atoms with E-state index < -0.39 is 0 Å². The number of fused-ring (bicyclic) bond motifs is 1. The van der Waals surface area contributed by atoms with Gasteiger partial charge in [-0.2, -0.15) is 5.10 Å². The summed E-state index contributed by atoms with van der Waals surface area (Å²) in [5.74, 6) is -0.116. The lowest BCUT2D eigenvalue weighted by Crippen LogP contribution is -2.17. The van der Waals surface area contributed by atoms with E-state index in [1.165, 1.54) is 12.8 Å². The van der Waals surface area contributed by atoms with Crippen molar-refractivity contribution >= 4 is 23.2 Å². The summed E-state index contributed by atoms with van der Waals surface area (Å²) in [7, 11) is 0. The molecule has 2 aromatic rings. The van der Waals surface area contributed by atoms with E-state index in [0.29, 0.717) is 22.9 Å². The minimum Gasteiger partial charge on any atom is -0.322 e.